The van der Waals surface area contributed by atoms with Gasteiger partial charge in [-0.25, -0.2) is 4.79 Å². The first-order chi connectivity index (χ1) is 11.6. The topological polar surface area (TPSA) is 44.8 Å². The third-order valence-electron chi connectivity index (χ3n) is 4.51. The van der Waals surface area contributed by atoms with E-state index in [0.717, 1.165) is 0 Å². The number of esters is 1. The van der Waals surface area contributed by atoms with Gasteiger partial charge in [0.2, 0.25) is 0 Å². The zero-order chi connectivity index (χ0) is 18.7. The summed E-state index contributed by atoms with van der Waals surface area (Å²) in [6.45, 7) is 10.9. The van der Waals surface area contributed by atoms with Crippen LogP contribution in [0.4, 0.5) is 0 Å². The van der Waals surface area contributed by atoms with Crippen molar-refractivity contribution < 1.29 is 18.7 Å². The second-order valence-corrected chi connectivity index (χ2v) is 12.2. The van der Waals surface area contributed by atoms with Crippen molar-refractivity contribution in [3.8, 4) is 17.2 Å². The molecule has 0 bridgehead atoms. The van der Waals surface area contributed by atoms with Crippen molar-refractivity contribution in [2.24, 2.45) is 0 Å². The summed E-state index contributed by atoms with van der Waals surface area (Å²) in [5.41, 5.74) is 0.427. The first-order valence-corrected chi connectivity index (χ1v) is 11.2. The highest BCUT2D eigenvalue weighted by Crippen LogP contribution is 2.41. The van der Waals surface area contributed by atoms with Gasteiger partial charge in [-0.2, -0.15) is 0 Å². The summed E-state index contributed by atoms with van der Waals surface area (Å²) < 4.78 is 17.2. The molecule has 0 aliphatic carbocycles. The fraction of sp³-hybridized carbons (Fsp3) is 0.350. The molecule has 0 heterocycles. The Bertz CT molecular complexity index is 733. The normalized spacial score (nSPS) is 11.8. The lowest BCUT2D eigenvalue weighted by Gasteiger charge is -2.36. The van der Waals surface area contributed by atoms with E-state index in [1.807, 2.05) is 30.3 Å². The van der Waals surface area contributed by atoms with E-state index in [4.69, 9.17) is 13.9 Å². The summed E-state index contributed by atoms with van der Waals surface area (Å²) >= 11 is 0. The Morgan fingerprint density at radius 2 is 1.60 bits per heavy atom. The maximum atomic E-state index is 11.9. The Labute approximate surface area is 150 Å². The van der Waals surface area contributed by atoms with Crippen LogP contribution in [0.25, 0.3) is 0 Å². The first kappa shape index (κ1) is 19.1. The molecule has 0 aliphatic heterocycles. The van der Waals surface area contributed by atoms with E-state index in [1.54, 1.807) is 18.2 Å². The van der Waals surface area contributed by atoms with E-state index in [2.05, 4.69) is 33.9 Å². The number of benzene rings is 2. The molecule has 0 atom stereocenters. The van der Waals surface area contributed by atoms with Crippen molar-refractivity contribution in [2.75, 3.05) is 7.11 Å². The molecule has 2 aromatic rings. The Morgan fingerprint density at radius 3 is 2.16 bits per heavy atom. The van der Waals surface area contributed by atoms with Gasteiger partial charge in [-0.3, -0.25) is 0 Å². The number of rotatable bonds is 5. The van der Waals surface area contributed by atoms with Gasteiger partial charge in [-0.1, -0.05) is 39.0 Å². The van der Waals surface area contributed by atoms with Crippen LogP contribution in [0.5, 0.6) is 17.2 Å². The van der Waals surface area contributed by atoms with Gasteiger partial charge in [-0.05, 0) is 48.5 Å². The Balaban J connectivity index is 2.42. The molecule has 0 radical (unpaired) electrons. The van der Waals surface area contributed by atoms with E-state index in [-0.39, 0.29) is 5.04 Å². The molecule has 0 amide bonds. The number of hydrogen-bond acceptors (Lipinski definition) is 4. The van der Waals surface area contributed by atoms with Crippen LogP contribution in [0, 0.1) is 0 Å². The minimum atomic E-state index is -2.04. The van der Waals surface area contributed by atoms with Gasteiger partial charge in [0, 0.05) is 0 Å². The maximum absolute atomic E-state index is 11.9. The lowest BCUT2D eigenvalue weighted by Crippen LogP contribution is -2.43. The van der Waals surface area contributed by atoms with Gasteiger partial charge in [0.15, 0.2) is 5.75 Å². The molecule has 0 saturated carbocycles. The molecular formula is C20H26O4Si. The summed E-state index contributed by atoms with van der Waals surface area (Å²) in [5, 5.41) is 0.0536. The second-order valence-electron chi connectivity index (χ2n) is 7.43. The minimum Gasteiger partial charge on any atom is -0.541 e. The lowest BCUT2D eigenvalue weighted by atomic mass is 10.2. The first-order valence-electron chi connectivity index (χ1n) is 8.28. The van der Waals surface area contributed by atoms with Crippen LogP contribution in [0.1, 0.15) is 31.1 Å². The third-order valence-corrected chi connectivity index (χ3v) is 8.85. The van der Waals surface area contributed by atoms with Crippen molar-refractivity contribution in [1.82, 2.24) is 0 Å². The van der Waals surface area contributed by atoms with Crippen molar-refractivity contribution in [3.05, 3.63) is 54.1 Å². The number of hydrogen-bond donors (Lipinski definition) is 0. The Kier molecular flexibility index (Phi) is 5.57. The summed E-state index contributed by atoms with van der Waals surface area (Å²) in [5.74, 6) is 1.43. The van der Waals surface area contributed by atoms with Crippen LogP contribution >= 0.6 is 0 Å². The summed E-state index contributed by atoms with van der Waals surface area (Å²) in [6, 6.07) is 14.6. The number of methoxy groups -OCH3 is 1. The fourth-order valence-corrected chi connectivity index (χ4v) is 2.99. The summed E-state index contributed by atoms with van der Waals surface area (Å²) in [7, 11) is -0.682. The average Bonchev–Trinajstić information content (AvgIpc) is 2.55. The van der Waals surface area contributed by atoms with E-state index in [1.165, 1.54) is 7.11 Å². The SMILES string of the molecule is COC(=O)c1ccc(O[Si](C)(C)C(C)(C)C)c(Oc2ccccc2)c1. The molecule has 2 aromatic carbocycles. The van der Waals surface area contributed by atoms with E-state index in [0.29, 0.717) is 22.8 Å². The molecule has 2 rings (SSSR count). The molecule has 0 fully saturated rings. The van der Waals surface area contributed by atoms with Crippen LogP contribution in [-0.4, -0.2) is 21.4 Å². The smallest absolute Gasteiger partial charge is 0.337 e. The molecule has 5 heteroatoms. The molecule has 0 aliphatic rings. The molecule has 0 saturated heterocycles. The van der Waals surface area contributed by atoms with Gasteiger partial charge < -0.3 is 13.9 Å². The molecule has 0 N–H and O–H groups in total. The van der Waals surface area contributed by atoms with Gasteiger partial charge in [0.1, 0.15) is 11.5 Å². The third kappa shape index (κ3) is 4.63. The largest absolute Gasteiger partial charge is 0.541 e. The maximum Gasteiger partial charge on any atom is 0.337 e. The van der Waals surface area contributed by atoms with Gasteiger partial charge in [0.25, 0.3) is 8.32 Å². The molecule has 0 unspecified atom stereocenters. The lowest BCUT2D eigenvalue weighted by molar-refractivity contribution is 0.0600. The Hall–Kier alpha value is -2.27. The number of para-hydroxylation sites is 1. The monoisotopic (exact) mass is 358 g/mol. The van der Waals surface area contributed by atoms with Crippen molar-refractivity contribution in [1.29, 1.82) is 0 Å². The number of carbonyl (C=O) groups excluding carboxylic acids is 1. The summed E-state index contributed by atoms with van der Waals surface area (Å²) in [6.07, 6.45) is 0. The van der Waals surface area contributed by atoms with Crippen LogP contribution < -0.4 is 9.16 Å². The van der Waals surface area contributed by atoms with Crippen molar-refractivity contribution >= 4 is 14.3 Å². The average molecular weight is 359 g/mol. The molecule has 0 spiro atoms. The second kappa shape index (κ2) is 7.31. The highest BCUT2D eigenvalue weighted by Gasteiger charge is 2.39. The van der Waals surface area contributed by atoms with Crippen LogP contribution in [0.3, 0.4) is 0 Å². The van der Waals surface area contributed by atoms with E-state index < -0.39 is 14.3 Å². The zero-order valence-electron chi connectivity index (χ0n) is 15.8. The van der Waals surface area contributed by atoms with Crippen molar-refractivity contribution in [3.63, 3.8) is 0 Å². The zero-order valence-corrected chi connectivity index (χ0v) is 16.8. The van der Waals surface area contributed by atoms with E-state index in [9.17, 15) is 4.79 Å². The van der Waals surface area contributed by atoms with Gasteiger partial charge >= 0.3 is 5.97 Å². The minimum absolute atomic E-state index is 0.0536. The van der Waals surface area contributed by atoms with Gasteiger partial charge in [-0.15, -0.1) is 0 Å². The molecular weight excluding hydrogens is 332 g/mol. The summed E-state index contributed by atoms with van der Waals surface area (Å²) in [4.78, 5) is 11.9. The molecule has 134 valence electrons. The predicted molar refractivity (Wildman–Crippen MR) is 102 cm³/mol. The van der Waals surface area contributed by atoms with Crippen LogP contribution in [-0.2, 0) is 4.74 Å². The quantitative estimate of drug-likeness (QED) is 0.512. The van der Waals surface area contributed by atoms with Crippen LogP contribution in [0.15, 0.2) is 48.5 Å². The number of carbonyl (C=O) groups is 1. The molecule has 0 aromatic heterocycles. The standard InChI is InChI=1S/C20H26O4Si/c1-20(2,3)25(5,6)24-17-13-12-15(19(21)22-4)14-18(17)23-16-10-8-7-9-11-16/h7-14H,1-6H3. The van der Waals surface area contributed by atoms with Crippen molar-refractivity contribution in [2.45, 2.75) is 38.9 Å². The predicted octanol–water partition coefficient (Wildman–Crippen LogP) is 5.65. The number of ether oxygens (including phenoxy) is 2. The highest BCUT2D eigenvalue weighted by atomic mass is 28.4. The van der Waals surface area contributed by atoms with Crippen LogP contribution in [0.2, 0.25) is 18.1 Å². The fourth-order valence-electron chi connectivity index (χ4n) is 1.96. The van der Waals surface area contributed by atoms with Gasteiger partial charge in [0.05, 0.1) is 12.7 Å². The molecule has 4 nitrogen and oxygen atoms in total. The van der Waals surface area contributed by atoms with E-state index >= 15 is 0 Å². The Morgan fingerprint density at radius 1 is 0.960 bits per heavy atom. The highest BCUT2D eigenvalue weighted by molar-refractivity contribution is 6.74. The molecule has 25 heavy (non-hydrogen) atoms.